The number of likely N-dealkylation sites (tertiary alicyclic amines) is 1. The lowest BCUT2D eigenvalue weighted by atomic mass is 9.79. The Morgan fingerprint density at radius 3 is 2.68 bits per heavy atom. The van der Waals surface area contributed by atoms with Gasteiger partial charge >= 0.3 is 5.97 Å². The fourth-order valence-electron chi connectivity index (χ4n) is 3.50. The first kappa shape index (κ1) is 14.8. The van der Waals surface area contributed by atoms with Crippen molar-refractivity contribution in [2.75, 3.05) is 26.3 Å². The van der Waals surface area contributed by atoms with E-state index in [-0.39, 0.29) is 0 Å². The van der Waals surface area contributed by atoms with Crippen molar-refractivity contribution < 1.29 is 14.6 Å². The zero-order chi connectivity index (χ0) is 13.7. The van der Waals surface area contributed by atoms with E-state index in [2.05, 4.69) is 11.8 Å². The zero-order valence-electron chi connectivity index (χ0n) is 12.1. The van der Waals surface area contributed by atoms with Crippen molar-refractivity contribution in [3.8, 4) is 0 Å². The summed E-state index contributed by atoms with van der Waals surface area (Å²) in [5, 5.41) is 9.67. The normalized spacial score (nSPS) is 28.8. The number of hydrogen-bond donors (Lipinski definition) is 1. The molecule has 0 aromatic rings. The molecule has 1 N–H and O–H groups in total. The molecule has 0 aliphatic carbocycles. The van der Waals surface area contributed by atoms with E-state index in [9.17, 15) is 9.90 Å². The molecule has 2 aliphatic heterocycles. The largest absolute Gasteiger partial charge is 0.481 e. The van der Waals surface area contributed by atoms with Crippen LogP contribution in [-0.4, -0.2) is 48.3 Å². The van der Waals surface area contributed by atoms with Crippen molar-refractivity contribution in [1.29, 1.82) is 0 Å². The van der Waals surface area contributed by atoms with Gasteiger partial charge in [-0.2, -0.15) is 0 Å². The van der Waals surface area contributed by atoms with Crippen LogP contribution in [0.5, 0.6) is 0 Å². The predicted octanol–water partition coefficient (Wildman–Crippen LogP) is 2.52. The molecule has 0 aromatic carbocycles. The molecule has 0 radical (unpaired) electrons. The Bertz CT molecular complexity index is 300. The average molecular weight is 269 g/mol. The van der Waals surface area contributed by atoms with E-state index in [1.807, 2.05) is 0 Å². The number of carboxylic acids is 1. The summed E-state index contributed by atoms with van der Waals surface area (Å²) >= 11 is 0. The molecule has 0 aromatic heterocycles. The maximum atomic E-state index is 11.7. The summed E-state index contributed by atoms with van der Waals surface area (Å²) in [6, 6.07) is 0.571. The monoisotopic (exact) mass is 269 g/mol. The van der Waals surface area contributed by atoms with Gasteiger partial charge in [-0.3, -0.25) is 9.69 Å². The molecule has 0 spiro atoms. The van der Waals surface area contributed by atoms with Crippen LogP contribution in [0.3, 0.4) is 0 Å². The van der Waals surface area contributed by atoms with Crippen LogP contribution < -0.4 is 0 Å². The van der Waals surface area contributed by atoms with E-state index < -0.39 is 11.4 Å². The molecule has 110 valence electrons. The molecule has 1 atom stereocenters. The molecule has 1 unspecified atom stereocenters. The van der Waals surface area contributed by atoms with Crippen molar-refractivity contribution in [3.05, 3.63) is 0 Å². The topological polar surface area (TPSA) is 49.8 Å². The Morgan fingerprint density at radius 1 is 1.32 bits per heavy atom. The highest BCUT2D eigenvalue weighted by Gasteiger charge is 2.42. The van der Waals surface area contributed by atoms with E-state index in [1.165, 1.54) is 25.7 Å². The first-order valence-corrected chi connectivity index (χ1v) is 7.73. The van der Waals surface area contributed by atoms with Crippen LogP contribution >= 0.6 is 0 Å². The van der Waals surface area contributed by atoms with Crippen LogP contribution in [-0.2, 0) is 9.53 Å². The fourth-order valence-corrected chi connectivity index (χ4v) is 3.50. The summed E-state index contributed by atoms with van der Waals surface area (Å²) < 4.78 is 5.36. The molecular formula is C15H27NO3. The van der Waals surface area contributed by atoms with Gasteiger partial charge in [-0.1, -0.05) is 19.8 Å². The summed E-state index contributed by atoms with van der Waals surface area (Å²) in [7, 11) is 0. The van der Waals surface area contributed by atoms with Gasteiger partial charge in [-0.25, -0.2) is 0 Å². The summed E-state index contributed by atoms with van der Waals surface area (Å²) in [6.45, 7) is 5.19. The maximum Gasteiger partial charge on any atom is 0.311 e. The van der Waals surface area contributed by atoms with Crippen LogP contribution in [0.2, 0.25) is 0 Å². The number of carboxylic acid groups (broad SMARTS) is 1. The quantitative estimate of drug-likeness (QED) is 0.852. The van der Waals surface area contributed by atoms with Crippen molar-refractivity contribution in [2.24, 2.45) is 5.41 Å². The number of carbonyl (C=O) groups is 1. The van der Waals surface area contributed by atoms with E-state index in [1.54, 1.807) is 0 Å². The van der Waals surface area contributed by atoms with Crippen molar-refractivity contribution in [2.45, 2.75) is 57.9 Å². The second kappa shape index (κ2) is 6.71. The minimum atomic E-state index is -0.630. The third kappa shape index (κ3) is 3.48. The van der Waals surface area contributed by atoms with Crippen LogP contribution in [0, 0.1) is 5.41 Å². The van der Waals surface area contributed by atoms with Crippen LogP contribution in [0.25, 0.3) is 0 Å². The second-order valence-electron chi connectivity index (χ2n) is 6.08. The lowest BCUT2D eigenvalue weighted by Crippen LogP contribution is -2.49. The number of nitrogens with zero attached hydrogens (tertiary/aromatic N) is 1. The Hall–Kier alpha value is -0.610. The second-order valence-corrected chi connectivity index (χ2v) is 6.08. The maximum absolute atomic E-state index is 11.7. The summed E-state index contributed by atoms with van der Waals surface area (Å²) in [6.07, 6.45) is 7.47. The van der Waals surface area contributed by atoms with Gasteiger partial charge in [-0.05, 0) is 38.6 Å². The molecule has 0 bridgehead atoms. The van der Waals surface area contributed by atoms with Crippen LogP contribution in [0.15, 0.2) is 0 Å². The van der Waals surface area contributed by atoms with E-state index in [0.717, 1.165) is 13.0 Å². The molecule has 2 aliphatic rings. The number of aliphatic carboxylic acids is 1. The fraction of sp³-hybridized carbons (Fsp3) is 0.933. The molecule has 2 saturated heterocycles. The highest BCUT2D eigenvalue weighted by molar-refractivity contribution is 5.75. The predicted molar refractivity (Wildman–Crippen MR) is 74.2 cm³/mol. The lowest BCUT2D eigenvalue weighted by molar-refractivity contribution is -0.157. The van der Waals surface area contributed by atoms with Gasteiger partial charge in [0.05, 0.1) is 5.41 Å². The molecule has 0 saturated carbocycles. The molecule has 4 heteroatoms. The number of hydrogen-bond acceptors (Lipinski definition) is 3. The summed E-state index contributed by atoms with van der Waals surface area (Å²) in [5.41, 5.74) is -0.573. The number of rotatable bonds is 4. The highest BCUT2D eigenvalue weighted by Crippen LogP contribution is 2.34. The van der Waals surface area contributed by atoms with E-state index in [4.69, 9.17) is 4.74 Å². The lowest BCUT2D eigenvalue weighted by Gasteiger charge is -2.40. The molecule has 0 amide bonds. The number of ether oxygens (including phenoxy) is 1. The van der Waals surface area contributed by atoms with E-state index >= 15 is 0 Å². The van der Waals surface area contributed by atoms with Gasteiger partial charge in [0.15, 0.2) is 0 Å². The van der Waals surface area contributed by atoms with Gasteiger partial charge in [0, 0.05) is 25.8 Å². The molecule has 19 heavy (non-hydrogen) atoms. The third-order valence-electron chi connectivity index (χ3n) is 4.88. The van der Waals surface area contributed by atoms with Gasteiger partial charge in [0.25, 0.3) is 0 Å². The van der Waals surface area contributed by atoms with Gasteiger partial charge in [0.1, 0.15) is 0 Å². The van der Waals surface area contributed by atoms with Gasteiger partial charge < -0.3 is 9.84 Å². The van der Waals surface area contributed by atoms with Gasteiger partial charge in [0.2, 0.25) is 0 Å². The van der Waals surface area contributed by atoms with Crippen molar-refractivity contribution in [3.63, 3.8) is 0 Å². The smallest absolute Gasteiger partial charge is 0.311 e. The van der Waals surface area contributed by atoms with Gasteiger partial charge in [-0.15, -0.1) is 0 Å². The minimum Gasteiger partial charge on any atom is -0.481 e. The Labute approximate surface area is 116 Å². The minimum absolute atomic E-state index is 0.571. The first-order chi connectivity index (χ1) is 9.18. The van der Waals surface area contributed by atoms with Crippen molar-refractivity contribution >= 4 is 5.97 Å². The molecule has 4 nitrogen and oxygen atoms in total. The molecular weight excluding hydrogens is 242 g/mol. The Balaban J connectivity index is 2.07. The van der Waals surface area contributed by atoms with E-state index in [0.29, 0.717) is 38.6 Å². The Morgan fingerprint density at radius 2 is 2.05 bits per heavy atom. The third-order valence-corrected chi connectivity index (χ3v) is 4.88. The standard InChI is InChI=1S/C15H27NO3/c1-2-13-6-4-3-5-9-16(13)12-15(14(17)18)7-10-19-11-8-15/h13H,2-12H2,1H3,(H,17,18). The Kier molecular flexibility index (Phi) is 5.22. The van der Waals surface area contributed by atoms with Crippen LogP contribution in [0.4, 0.5) is 0 Å². The van der Waals surface area contributed by atoms with Crippen molar-refractivity contribution in [1.82, 2.24) is 4.90 Å². The zero-order valence-corrected chi connectivity index (χ0v) is 12.1. The first-order valence-electron chi connectivity index (χ1n) is 7.73. The molecule has 2 rings (SSSR count). The molecule has 2 heterocycles. The average Bonchev–Trinajstić information content (AvgIpc) is 2.64. The molecule has 2 fully saturated rings. The summed E-state index contributed by atoms with van der Waals surface area (Å²) in [4.78, 5) is 14.2. The van der Waals surface area contributed by atoms with Crippen LogP contribution in [0.1, 0.15) is 51.9 Å². The SMILES string of the molecule is CCC1CCCCCN1CC1(C(=O)O)CCOCC1. The summed E-state index contributed by atoms with van der Waals surface area (Å²) in [5.74, 6) is -0.630. The highest BCUT2D eigenvalue weighted by atomic mass is 16.5.